The van der Waals surface area contributed by atoms with Crippen LogP contribution in [0.3, 0.4) is 0 Å². The average Bonchev–Trinajstić information content (AvgIpc) is 2.88. The Kier molecular flexibility index (Phi) is 3.91. The van der Waals surface area contributed by atoms with E-state index in [-0.39, 0.29) is 0 Å². The highest BCUT2D eigenvalue weighted by Crippen LogP contribution is 2.46. The minimum absolute atomic E-state index is 0.421. The Labute approximate surface area is 114 Å². The topological polar surface area (TPSA) is 41.9 Å². The van der Waals surface area contributed by atoms with Crippen LogP contribution in [0, 0.1) is 0 Å². The molecule has 0 aromatic heterocycles. The van der Waals surface area contributed by atoms with Crippen LogP contribution in [0.25, 0.3) is 0 Å². The van der Waals surface area contributed by atoms with Crippen molar-refractivity contribution >= 4 is 11.8 Å². The van der Waals surface area contributed by atoms with E-state index in [1.54, 1.807) is 13.2 Å². The van der Waals surface area contributed by atoms with Crippen molar-refractivity contribution in [2.45, 2.75) is 31.2 Å². The fourth-order valence-electron chi connectivity index (χ4n) is 2.89. The molecule has 1 aliphatic rings. The zero-order valence-corrected chi connectivity index (χ0v) is 11.8. The predicted octanol–water partition coefficient (Wildman–Crippen LogP) is 2.87. The first-order valence-electron chi connectivity index (χ1n) is 6.58. The molecule has 0 heterocycles. The summed E-state index contributed by atoms with van der Waals surface area (Å²) in [6.07, 6.45) is 5.75. The molecule has 102 valence electrons. The molecule has 1 aromatic carbocycles. The highest BCUT2D eigenvalue weighted by Gasteiger charge is 2.38. The summed E-state index contributed by atoms with van der Waals surface area (Å²) >= 11 is 0. The Morgan fingerprint density at radius 2 is 2.00 bits per heavy atom. The predicted molar refractivity (Wildman–Crippen MR) is 75.6 cm³/mol. The van der Waals surface area contributed by atoms with Crippen molar-refractivity contribution in [1.82, 2.24) is 0 Å². The number of aliphatic imine (C=N–C) groups is 1. The zero-order chi connectivity index (χ0) is 13.9. The molecule has 0 spiro atoms. The lowest BCUT2D eigenvalue weighted by atomic mass is 9.87. The Balaban J connectivity index is 2.59. The largest absolute Gasteiger partial charge is 0.497 e. The molecule has 0 radical (unpaired) electrons. The van der Waals surface area contributed by atoms with E-state index in [1.807, 2.05) is 32.3 Å². The summed E-state index contributed by atoms with van der Waals surface area (Å²) in [4.78, 5) is 17.0. The second-order valence-corrected chi connectivity index (χ2v) is 5.22. The first-order valence-corrected chi connectivity index (χ1v) is 6.58. The Hall–Kier alpha value is -1.80. The monoisotopic (exact) mass is 260 g/mol. The maximum Gasteiger partial charge on any atom is 0.235 e. The molecule has 0 amide bonds. The van der Waals surface area contributed by atoms with Crippen LogP contribution >= 0.6 is 0 Å². The highest BCUT2D eigenvalue weighted by molar-refractivity contribution is 5.59. The standard InChI is InChI=1S/C15H20N2O2/c1-17(2)14-7-6-12(19-3)10-13(14)15(16-11-18)8-4-5-9-15/h6-7,10H,4-5,8-9H2,1-3H3. The van der Waals surface area contributed by atoms with Crippen molar-refractivity contribution in [2.24, 2.45) is 4.99 Å². The van der Waals surface area contributed by atoms with Crippen LogP contribution in [0.4, 0.5) is 5.69 Å². The van der Waals surface area contributed by atoms with E-state index >= 15 is 0 Å². The maximum atomic E-state index is 10.8. The zero-order valence-electron chi connectivity index (χ0n) is 11.8. The molecular formula is C15H20N2O2. The number of hydrogen-bond acceptors (Lipinski definition) is 4. The number of isocyanates is 1. The van der Waals surface area contributed by atoms with Crippen molar-refractivity contribution in [3.05, 3.63) is 23.8 Å². The van der Waals surface area contributed by atoms with Crippen LogP contribution in [-0.2, 0) is 10.3 Å². The number of methoxy groups -OCH3 is 1. The summed E-state index contributed by atoms with van der Waals surface area (Å²) in [5.41, 5.74) is 1.73. The van der Waals surface area contributed by atoms with Gasteiger partial charge >= 0.3 is 0 Å². The van der Waals surface area contributed by atoms with Gasteiger partial charge in [-0.15, -0.1) is 0 Å². The number of rotatable bonds is 4. The van der Waals surface area contributed by atoms with E-state index in [0.29, 0.717) is 0 Å². The third-order valence-electron chi connectivity index (χ3n) is 3.88. The van der Waals surface area contributed by atoms with Gasteiger partial charge < -0.3 is 9.64 Å². The fourth-order valence-corrected chi connectivity index (χ4v) is 2.89. The van der Waals surface area contributed by atoms with Crippen LogP contribution in [0.5, 0.6) is 5.75 Å². The smallest absolute Gasteiger partial charge is 0.235 e. The average molecular weight is 260 g/mol. The molecule has 1 fully saturated rings. The molecule has 0 unspecified atom stereocenters. The van der Waals surface area contributed by atoms with Crippen molar-refractivity contribution in [1.29, 1.82) is 0 Å². The van der Waals surface area contributed by atoms with E-state index in [4.69, 9.17) is 4.74 Å². The molecule has 4 heteroatoms. The molecule has 2 rings (SSSR count). The lowest BCUT2D eigenvalue weighted by Crippen LogP contribution is -2.23. The van der Waals surface area contributed by atoms with Gasteiger partial charge in [0, 0.05) is 25.3 Å². The van der Waals surface area contributed by atoms with Gasteiger partial charge in [0.05, 0.1) is 7.11 Å². The summed E-state index contributed by atoms with van der Waals surface area (Å²) in [5, 5.41) is 0. The molecule has 0 bridgehead atoms. The lowest BCUT2D eigenvalue weighted by Gasteiger charge is -2.29. The quantitative estimate of drug-likeness (QED) is 0.617. The summed E-state index contributed by atoms with van der Waals surface area (Å²) < 4.78 is 5.31. The van der Waals surface area contributed by atoms with Crippen molar-refractivity contribution in [3.63, 3.8) is 0 Å². The van der Waals surface area contributed by atoms with Gasteiger partial charge in [-0.3, -0.25) is 0 Å². The molecule has 1 aromatic rings. The van der Waals surface area contributed by atoms with Gasteiger partial charge in [-0.2, -0.15) is 4.99 Å². The van der Waals surface area contributed by atoms with Crippen molar-refractivity contribution in [3.8, 4) is 5.75 Å². The minimum Gasteiger partial charge on any atom is -0.497 e. The molecule has 0 aliphatic heterocycles. The second kappa shape index (κ2) is 5.45. The molecule has 0 N–H and O–H groups in total. The van der Waals surface area contributed by atoms with Crippen LogP contribution in [0.15, 0.2) is 23.2 Å². The number of hydrogen-bond donors (Lipinski definition) is 0. The number of ether oxygens (including phenoxy) is 1. The van der Waals surface area contributed by atoms with Gasteiger partial charge in [0.25, 0.3) is 0 Å². The molecule has 4 nitrogen and oxygen atoms in total. The number of nitrogens with zero attached hydrogens (tertiary/aromatic N) is 2. The summed E-state index contributed by atoms with van der Waals surface area (Å²) in [6.45, 7) is 0. The highest BCUT2D eigenvalue weighted by atomic mass is 16.5. The molecule has 0 atom stereocenters. The van der Waals surface area contributed by atoms with E-state index in [0.717, 1.165) is 42.7 Å². The van der Waals surface area contributed by atoms with Gasteiger partial charge in [0.15, 0.2) is 0 Å². The SMILES string of the molecule is COc1ccc(N(C)C)c(C2(N=C=O)CCCC2)c1. The lowest BCUT2D eigenvalue weighted by molar-refractivity contribution is 0.408. The van der Waals surface area contributed by atoms with E-state index in [1.165, 1.54) is 0 Å². The third kappa shape index (κ3) is 2.49. The Morgan fingerprint density at radius 1 is 1.32 bits per heavy atom. The molecular weight excluding hydrogens is 240 g/mol. The van der Waals surface area contributed by atoms with E-state index < -0.39 is 5.54 Å². The van der Waals surface area contributed by atoms with Crippen LogP contribution in [0.1, 0.15) is 31.2 Å². The Bertz CT molecular complexity index is 499. The molecule has 1 saturated carbocycles. The summed E-state index contributed by atoms with van der Waals surface area (Å²) in [5.74, 6) is 0.799. The minimum atomic E-state index is -0.421. The first-order chi connectivity index (χ1) is 9.13. The number of anilines is 1. The molecule has 1 aliphatic carbocycles. The van der Waals surface area contributed by atoms with Gasteiger partial charge in [-0.1, -0.05) is 12.8 Å². The fraction of sp³-hybridized carbons (Fsp3) is 0.533. The summed E-state index contributed by atoms with van der Waals surface area (Å²) in [6, 6.07) is 5.96. The van der Waals surface area contributed by atoms with Gasteiger partial charge in [-0.25, -0.2) is 4.79 Å². The molecule has 19 heavy (non-hydrogen) atoms. The van der Waals surface area contributed by atoms with Crippen molar-refractivity contribution < 1.29 is 9.53 Å². The van der Waals surface area contributed by atoms with Crippen LogP contribution < -0.4 is 9.64 Å². The maximum absolute atomic E-state index is 10.8. The number of carbonyl (C=O) groups excluding carboxylic acids is 1. The summed E-state index contributed by atoms with van der Waals surface area (Å²) in [7, 11) is 5.65. The Morgan fingerprint density at radius 3 is 2.53 bits per heavy atom. The number of benzene rings is 1. The van der Waals surface area contributed by atoms with E-state index in [2.05, 4.69) is 9.89 Å². The van der Waals surface area contributed by atoms with E-state index in [9.17, 15) is 4.79 Å². The first kappa shape index (κ1) is 13.6. The normalized spacial score (nSPS) is 16.8. The third-order valence-corrected chi connectivity index (χ3v) is 3.88. The van der Waals surface area contributed by atoms with Gasteiger partial charge in [-0.05, 0) is 31.0 Å². The van der Waals surface area contributed by atoms with Crippen molar-refractivity contribution in [2.75, 3.05) is 26.1 Å². The van der Waals surface area contributed by atoms with Crippen LogP contribution in [0.2, 0.25) is 0 Å². The van der Waals surface area contributed by atoms with Gasteiger partial charge in [0.1, 0.15) is 11.3 Å². The van der Waals surface area contributed by atoms with Crippen LogP contribution in [-0.4, -0.2) is 27.3 Å². The van der Waals surface area contributed by atoms with Gasteiger partial charge in [0.2, 0.25) is 6.08 Å². The molecule has 0 saturated heterocycles. The second-order valence-electron chi connectivity index (χ2n) is 5.22.